The Morgan fingerprint density at radius 1 is 1.13 bits per heavy atom. The summed E-state index contributed by atoms with van der Waals surface area (Å²) in [5, 5.41) is 6.09. The molecule has 118 valence electrons. The second-order valence-electron chi connectivity index (χ2n) is 5.98. The summed E-state index contributed by atoms with van der Waals surface area (Å²) in [7, 11) is 0. The monoisotopic (exact) mass is 376 g/mol. The van der Waals surface area contributed by atoms with E-state index in [4.69, 9.17) is 0 Å². The number of ketones is 1. The highest BCUT2D eigenvalue weighted by molar-refractivity contribution is 9.10. The fraction of sp³-hybridized carbons (Fsp3) is 0.294. The molecule has 2 N–H and O–H groups in total. The Morgan fingerprint density at radius 2 is 1.96 bits per heavy atom. The van der Waals surface area contributed by atoms with E-state index in [1.165, 1.54) is 6.07 Å². The second-order valence-corrected chi connectivity index (χ2v) is 6.83. The molecule has 23 heavy (non-hydrogen) atoms. The zero-order valence-corrected chi connectivity index (χ0v) is 13.8. The van der Waals surface area contributed by atoms with Crippen molar-refractivity contribution >= 4 is 27.6 Å². The maximum absolute atomic E-state index is 13.6. The number of hydrogen-bond donors (Lipinski definition) is 2. The van der Waals surface area contributed by atoms with Crippen molar-refractivity contribution in [2.45, 2.75) is 25.2 Å². The van der Waals surface area contributed by atoms with Gasteiger partial charge in [-0.3, -0.25) is 9.59 Å². The molecule has 0 saturated heterocycles. The van der Waals surface area contributed by atoms with Gasteiger partial charge in [0.25, 0.3) is 0 Å². The zero-order valence-electron chi connectivity index (χ0n) is 12.2. The van der Waals surface area contributed by atoms with Gasteiger partial charge in [-0.1, -0.05) is 6.07 Å². The minimum atomic E-state index is -0.423. The molecule has 0 saturated carbocycles. The Kier molecular flexibility index (Phi) is 3.37. The smallest absolute Gasteiger partial charge is 0.250 e. The number of Topliss-reactive ketones (excluding diaryl/α,β-unsaturated/α-hetero) is 1. The van der Waals surface area contributed by atoms with E-state index in [0.29, 0.717) is 28.6 Å². The summed E-state index contributed by atoms with van der Waals surface area (Å²) in [6.07, 6.45) is 2.10. The largest absolute Gasteiger partial charge is 0.360 e. The highest BCUT2D eigenvalue weighted by Crippen LogP contribution is 2.43. The first-order valence-electron chi connectivity index (χ1n) is 7.55. The number of carbonyl (C=O) groups excluding carboxylic acids is 2. The third-order valence-corrected chi connectivity index (χ3v) is 5.22. The summed E-state index contributed by atoms with van der Waals surface area (Å²) in [5.74, 6) is -0.885. The van der Waals surface area contributed by atoms with E-state index >= 15 is 0 Å². The van der Waals surface area contributed by atoms with Crippen molar-refractivity contribution in [1.82, 2.24) is 10.6 Å². The summed E-state index contributed by atoms with van der Waals surface area (Å²) >= 11 is 3.20. The predicted octanol–water partition coefficient (Wildman–Crippen LogP) is 2.67. The Labute approximate surface area is 141 Å². The average Bonchev–Trinajstić information content (AvgIpc) is 2.90. The van der Waals surface area contributed by atoms with Crippen LogP contribution in [-0.2, 0) is 9.59 Å². The third kappa shape index (κ3) is 2.24. The van der Waals surface area contributed by atoms with Gasteiger partial charge < -0.3 is 10.6 Å². The van der Waals surface area contributed by atoms with E-state index in [1.807, 2.05) is 0 Å². The van der Waals surface area contributed by atoms with Crippen LogP contribution in [0.5, 0.6) is 0 Å². The Bertz CT molecular complexity index is 813. The van der Waals surface area contributed by atoms with E-state index in [0.717, 1.165) is 29.8 Å². The first kappa shape index (κ1) is 14.6. The van der Waals surface area contributed by atoms with Crippen LogP contribution in [-0.4, -0.2) is 18.2 Å². The Morgan fingerprint density at radius 3 is 2.74 bits per heavy atom. The first-order chi connectivity index (χ1) is 11.1. The van der Waals surface area contributed by atoms with Crippen molar-refractivity contribution in [2.75, 3.05) is 6.54 Å². The Balaban J connectivity index is 1.91. The lowest BCUT2D eigenvalue weighted by atomic mass is 9.75. The van der Waals surface area contributed by atoms with E-state index < -0.39 is 5.92 Å². The molecule has 2 heterocycles. The van der Waals surface area contributed by atoms with Crippen molar-refractivity contribution in [3.8, 4) is 0 Å². The van der Waals surface area contributed by atoms with Crippen LogP contribution in [0.25, 0.3) is 0 Å². The maximum Gasteiger partial charge on any atom is 0.250 e. The first-order valence-corrected chi connectivity index (χ1v) is 8.35. The molecule has 0 radical (unpaired) electrons. The number of dihydropyridines is 1. The molecule has 4 nitrogen and oxygen atoms in total. The number of hydrogen-bond acceptors (Lipinski definition) is 3. The van der Waals surface area contributed by atoms with Crippen LogP contribution in [0.15, 0.2) is 45.2 Å². The molecule has 6 heteroatoms. The zero-order chi connectivity index (χ0) is 16.1. The minimum absolute atomic E-state index is 0.0652. The molecule has 4 rings (SSSR count). The molecular weight excluding hydrogens is 363 g/mol. The van der Waals surface area contributed by atoms with E-state index in [-0.39, 0.29) is 17.5 Å². The van der Waals surface area contributed by atoms with Crippen LogP contribution in [0.1, 0.15) is 30.7 Å². The second kappa shape index (κ2) is 5.30. The van der Waals surface area contributed by atoms with Crippen molar-refractivity contribution in [3.05, 3.63) is 56.6 Å². The number of nitrogens with one attached hydrogen (secondary N) is 2. The molecule has 0 aromatic heterocycles. The van der Waals surface area contributed by atoms with Gasteiger partial charge in [0.2, 0.25) is 5.91 Å². The van der Waals surface area contributed by atoms with Gasteiger partial charge in [-0.2, -0.15) is 0 Å². The number of benzene rings is 1. The van der Waals surface area contributed by atoms with Gasteiger partial charge >= 0.3 is 0 Å². The quantitative estimate of drug-likeness (QED) is 0.791. The topological polar surface area (TPSA) is 58.2 Å². The van der Waals surface area contributed by atoms with Crippen LogP contribution in [0, 0.1) is 5.82 Å². The van der Waals surface area contributed by atoms with E-state index in [9.17, 15) is 14.0 Å². The van der Waals surface area contributed by atoms with Crippen molar-refractivity contribution in [1.29, 1.82) is 0 Å². The molecule has 0 unspecified atom stereocenters. The lowest BCUT2D eigenvalue weighted by Crippen LogP contribution is -2.32. The van der Waals surface area contributed by atoms with Crippen LogP contribution in [0.3, 0.4) is 0 Å². The standard InChI is InChI=1S/C17H14BrFN2O2/c18-9-6-8(4-5-10(9)19)14-15-11(2-1-3-13(15)22)21-12-7-20-17(23)16(12)14/h4-6,14,21H,1-3,7H2,(H,20,23)/t14-/m0/s1. The van der Waals surface area contributed by atoms with E-state index in [1.54, 1.807) is 12.1 Å². The van der Waals surface area contributed by atoms with Crippen LogP contribution < -0.4 is 10.6 Å². The third-order valence-electron chi connectivity index (χ3n) is 4.61. The van der Waals surface area contributed by atoms with Gasteiger partial charge in [-0.15, -0.1) is 0 Å². The van der Waals surface area contributed by atoms with Gasteiger partial charge in [-0.25, -0.2) is 4.39 Å². The van der Waals surface area contributed by atoms with Crippen molar-refractivity contribution in [3.63, 3.8) is 0 Å². The lowest BCUT2D eigenvalue weighted by Gasteiger charge is -2.32. The lowest BCUT2D eigenvalue weighted by molar-refractivity contribution is -0.117. The SMILES string of the molecule is O=C1CCCC2=C1[C@H](c1ccc(F)c(Br)c1)C1=C(CNC1=O)N2. The predicted molar refractivity (Wildman–Crippen MR) is 85.9 cm³/mol. The summed E-state index contributed by atoms with van der Waals surface area (Å²) in [5.41, 5.74) is 3.73. The molecule has 2 aliphatic heterocycles. The van der Waals surface area contributed by atoms with Gasteiger partial charge in [0.1, 0.15) is 5.82 Å². The van der Waals surface area contributed by atoms with Gasteiger partial charge in [0.15, 0.2) is 5.78 Å². The van der Waals surface area contributed by atoms with Crippen molar-refractivity contribution < 1.29 is 14.0 Å². The molecular formula is C17H14BrFN2O2. The number of halogens is 2. The van der Waals surface area contributed by atoms with E-state index in [2.05, 4.69) is 26.6 Å². The highest BCUT2D eigenvalue weighted by Gasteiger charge is 2.41. The summed E-state index contributed by atoms with van der Waals surface area (Å²) in [6.45, 7) is 0.442. The van der Waals surface area contributed by atoms with Crippen LogP contribution in [0.4, 0.5) is 4.39 Å². The van der Waals surface area contributed by atoms with Gasteiger partial charge in [-0.05, 0) is 46.5 Å². The Hall–Kier alpha value is -1.95. The van der Waals surface area contributed by atoms with Crippen LogP contribution in [0.2, 0.25) is 0 Å². The van der Waals surface area contributed by atoms with Gasteiger partial charge in [0.05, 0.1) is 16.6 Å². The molecule has 1 aromatic rings. The summed E-state index contributed by atoms with van der Waals surface area (Å²) < 4.78 is 13.9. The number of allylic oxidation sites excluding steroid dienone is 2. The number of rotatable bonds is 1. The fourth-order valence-electron chi connectivity index (χ4n) is 3.59. The van der Waals surface area contributed by atoms with Crippen molar-refractivity contribution in [2.24, 2.45) is 0 Å². The fourth-order valence-corrected chi connectivity index (χ4v) is 3.99. The minimum Gasteiger partial charge on any atom is -0.360 e. The highest BCUT2D eigenvalue weighted by atomic mass is 79.9. The summed E-state index contributed by atoms with van der Waals surface area (Å²) in [6, 6.07) is 4.68. The molecule has 1 aliphatic carbocycles. The molecule has 3 aliphatic rings. The molecule has 1 atom stereocenters. The van der Waals surface area contributed by atoms with Crippen LogP contribution >= 0.6 is 15.9 Å². The molecule has 1 aromatic carbocycles. The molecule has 0 bridgehead atoms. The molecule has 0 spiro atoms. The number of carbonyl (C=O) groups is 2. The molecule has 0 fully saturated rings. The maximum atomic E-state index is 13.6. The molecule has 1 amide bonds. The average molecular weight is 377 g/mol. The van der Waals surface area contributed by atoms with Gasteiger partial charge in [0, 0.05) is 29.3 Å². The summed E-state index contributed by atoms with van der Waals surface area (Å²) in [4.78, 5) is 24.8. The normalized spacial score (nSPS) is 23.5. The number of amides is 1.